The smallest absolute Gasteiger partial charge is 0.227 e. The summed E-state index contributed by atoms with van der Waals surface area (Å²) in [6.07, 6.45) is 0.607. The van der Waals surface area contributed by atoms with Crippen molar-refractivity contribution in [3.63, 3.8) is 0 Å². The van der Waals surface area contributed by atoms with Crippen LogP contribution in [0.2, 0.25) is 5.02 Å². The number of carbonyl (C=O) groups is 1. The molecule has 1 aromatic rings. The zero-order valence-electron chi connectivity index (χ0n) is 9.04. The summed E-state index contributed by atoms with van der Waals surface area (Å²) in [6.45, 7) is 2.75. The molecule has 1 aliphatic rings. The molecule has 1 atom stereocenters. The van der Waals surface area contributed by atoms with E-state index in [1.807, 2.05) is 25.1 Å². The van der Waals surface area contributed by atoms with Crippen LogP contribution in [0.4, 0.5) is 5.69 Å². The minimum atomic E-state index is 0.162. The van der Waals surface area contributed by atoms with Crippen LogP contribution in [0.15, 0.2) is 18.2 Å². The molecule has 0 aliphatic carbocycles. The van der Waals surface area contributed by atoms with Gasteiger partial charge in [-0.15, -0.1) is 0 Å². The highest BCUT2D eigenvalue weighted by Crippen LogP contribution is 2.32. The Kier molecular flexibility index (Phi) is 3.55. The van der Waals surface area contributed by atoms with Crippen molar-refractivity contribution >= 4 is 39.1 Å². The Morgan fingerprint density at radius 3 is 2.88 bits per heavy atom. The number of amides is 1. The summed E-state index contributed by atoms with van der Waals surface area (Å²) in [5, 5.41) is 1.52. The number of hydrogen-bond acceptors (Lipinski definition) is 1. The third-order valence-electron chi connectivity index (χ3n) is 2.82. The van der Waals surface area contributed by atoms with Gasteiger partial charge >= 0.3 is 0 Å². The van der Waals surface area contributed by atoms with E-state index in [1.54, 1.807) is 4.90 Å². The molecule has 1 aliphatic heterocycles. The summed E-state index contributed by atoms with van der Waals surface area (Å²) in [5.41, 5.74) is 1.94. The molecule has 1 heterocycles. The number of benzene rings is 1. The molecule has 0 saturated carbocycles. The highest BCUT2D eigenvalue weighted by atomic mass is 79.9. The molecule has 86 valence electrons. The first kappa shape index (κ1) is 11.9. The first-order chi connectivity index (χ1) is 7.61. The van der Waals surface area contributed by atoms with Gasteiger partial charge in [-0.3, -0.25) is 4.79 Å². The van der Waals surface area contributed by atoms with E-state index >= 15 is 0 Å². The number of rotatable bonds is 2. The molecule has 0 spiro atoms. The SMILES string of the molecule is Cc1ccc(N2CC(CBr)CC2=O)c(Cl)c1. The molecule has 4 heteroatoms. The van der Waals surface area contributed by atoms with Gasteiger partial charge in [-0.2, -0.15) is 0 Å². The summed E-state index contributed by atoms with van der Waals surface area (Å²) in [5.74, 6) is 0.556. The Hall–Kier alpha value is -0.540. The van der Waals surface area contributed by atoms with Crippen LogP contribution in [-0.4, -0.2) is 17.8 Å². The third kappa shape index (κ3) is 2.25. The van der Waals surface area contributed by atoms with Crippen molar-refractivity contribution in [2.24, 2.45) is 5.92 Å². The van der Waals surface area contributed by atoms with Crippen molar-refractivity contribution in [3.8, 4) is 0 Å². The lowest BCUT2D eigenvalue weighted by molar-refractivity contribution is -0.117. The maximum Gasteiger partial charge on any atom is 0.227 e. The van der Waals surface area contributed by atoms with Gasteiger partial charge in [-0.1, -0.05) is 33.6 Å². The first-order valence-electron chi connectivity index (χ1n) is 5.24. The quantitative estimate of drug-likeness (QED) is 0.767. The molecule has 0 bridgehead atoms. The lowest BCUT2D eigenvalue weighted by Gasteiger charge is -2.18. The lowest BCUT2D eigenvalue weighted by Crippen LogP contribution is -2.24. The van der Waals surface area contributed by atoms with Crippen molar-refractivity contribution < 1.29 is 4.79 Å². The average molecular weight is 303 g/mol. The van der Waals surface area contributed by atoms with Crippen molar-refractivity contribution in [1.82, 2.24) is 0 Å². The number of nitrogens with zero attached hydrogens (tertiary/aromatic N) is 1. The standard InChI is InChI=1S/C12H13BrClNO/c1-8-2-3-11(10(14)4-8)15-7-9(6-13)5-12(15)16/h2-4,9H,5-7H2,1H3. The molecular weight excluding hydrogens is 289 g/mol. The van der Waals surface area contributed by atoms with Crippen LogP contribution < -0.4 is 4.90 Å². The number of halogens is 2. The molecule has 1 fully saturated rings. The largest absolute Gasteiger partial charge is 0.311 e. The summed E-state index contributed by atoms with van der Waals surface area (Å²) in [4.78, 5) is 13.6. The Balaban J connectivity index is 2.28. The average Bonchev–Trinajstić information content (AvgIpc) is 2.60. The van der Waals surface area contributed by atoms with Gasteiger partial charge in [0.25, 0.3) is 0 Å². The van der Waals surface area contributed by atoms with E-state index in [1.165, 1.54) is 0 Å². The fraction of sp³-hybridized carbons (Fsp3) is 0.417. The minimum absolute atomic E-state index is 0.162. The molecule has 0 radical (unpaired) electrons. The summed E-state index contributed by atoms with van der Waals surface area (Å²) >= 11 is 9.58. The minimum Gasteiger partial charge on any atom is -0.311 e. The molecule has 16 heavy (non-hydrogen) atoms. The van der Waals surface area contributed by atoms with E-state index in [4.69, 9.17) is 11.6 Å². The van der Waals surface area contributed by atoms with Crippen molar-refractivity contribution in [1.29, 1.82) is 0 Å². The summed E-state index contributed by atoms with van der Waals surface area (Å²) in [6, 6.07) is 5.80. The van der Waals surface area contributed by atoms with E-state index in [9.17, 15) is 4.79 Å². The van der Waals surface area contributed by atoms with Gasteiger partial charge < -0.3 is 4.90 Å². The molecule has 1 saturated heterocycles. The number of alkyl halides is 1. The molecule has 2 nitrogen and oxygen atoms in total. The van der Waals surface area contributed by atoms with Crippen molar-refractivity contribution in [3.05, 3.63) is 28.8 Å². The molecule has 0 N–H and O–H groups in total. The van der Waals surface area contributed by atoms with Gasteiger partial charge in [-0.05, 0) is 30.5 Å². The normalized spacial score (nSPS) is 20.6. The molecular formula is C12H13BrClNO. The van der Waals surface area contributed by atoms with Gasteiger partial charge in [0.05, 0.1) is 10.7 Å². The second-order valence-corrected chi connectivity index (χ2v) is 5.24. The fourth-order valence-corrected chi connectivity index (χ4v) is 2.72. The number of aryl methyl sites for hydroxylation is 1. The Morgan fingerprint density at radius 1 is 1.56 bits per heavy atom. The number of carbonyl (C=O) groups excluding carboxylic acids is 1. The Bertz CT molecular complexity index is 421. The maximum absolute atomic E-state index is 11.8. The second kappa shape index (κ2) is 4.76. The topological polar surface area (TPSA) is 20.3 Å². The molecule has 2 rings (SSSR count). The van der Waals surface area contributed by atoms with Crippen molar-refractivity contribution in [2.75, 3.05) is 16.8 Å². The van der Waals surface area contributed by atoms with Crippen LogP contribution in [0.25, 0.3) is 0 Å². The monoisotopic (exact) mass is 301 g/mol. The zero-order chi connectivity index (χ0) is 11.7. The van der Waals surface area contributed by atoms with Crippen LogP contribution in [0, 0.1) is 12.8 Å². The highest BCUT2D eigenvalue weighted by molar-refractivity contribution is 9.09. The fourth-order valence-electron chi connectivity index (χ4n) is 1.95. The van der Waals surface area contributed by atoms with E-state index in [2.05, 4.69) is 15.9 Å². The van der Waals surface area contributed by atoms with E-state index in [0.717, 1.165) is 23.1 Å². The van der Waals surface area contributed by atoms with Crippen LogP contribution in [0.3, 0.4) is 0 Å². The molecule has 1 unspecified atom stereocenters. The third-order valence-corrected chi connectivity index (χ3v) is 4.04. The maximum atomic E-state index is 11.8. The van der Waals surface area contributed by atoms with Crippen LogP contribution in [-0.2, 0) is 4.79 Å². The lowest BCUT2D eigenvalue weighted by atomic mass is 10.2. The summed E-state index contributed by atoms with van der Waals surface area (Å²) in [7, 11) is 0. The van der Waals surface area contributed by atoms with Crippen LogP contribution in [0.5, 0.6) is 0 Å². The van der Waals surface area contributed by atoms with Gasteiger partial charge in [0.15, 0.2) is 0 Å². The predicted molar refractivity (Wildman–Crippen MR) is 70.4 cm³/mol. The predicted octanol–water partition coefficient (Wildman–Crippen LogP) is 3.40. The Morgan fingerprint density at radius 2 is 2.31 bits per heavy atom. The number of anilines is 1. The van der Waals surface area contributed by atoms with E-state index in [0.29, 0.717) is 17.4 Å². The van der Waals surface area contributed by atoms with Gasteiger partial charge in [0.2, 0.25) is 5.91 Å². The molecule has 0 aromatic heterocycles. The van der Waals surface area contributed by atoms with E-state index < -0.39 is 0 Å². The Labute approximate surface area is 109 Å². The zero-order valence-corrected chi connectivity index (χ0v) is 11.4. The first-order valence-corrected chi connectivity index (χ1v) is 6.74. The summed E-state index contributed by atoms with van der Waals surface area (Å²) < 4.78 is 0. The van der Waals surface area contributed by atoms with Gasteiger partial charge in [0, 0.05) is 18.3 Å². The van der Waals surface area contributed by atoms with Gasteiger partial charge in [-0.25, -0.2) is 0 Å². The second-order valence-electron chi connectivity index (χ2n) is 4.18. The van der Waals surface area contributed by atoms with E-state index in [-0.39, 0.29) is 5.91 Å². The highest BCUT2D eigenvalue weighted by Gasteiger charge is 2.30. The van der Waals surface area contributed by atoms with Crippen LogP contribution in [0.1, 0.15) is 12.0 Å². The van der Waals surface area contributed by atoms with Crippen molar-refractivity contribution in [2.45, 2.75) is 13.3 Å². The van der Waals surface area contributed by atoms with Crippen LogP contribution >= 0.6 is 27.5 Å². The molecule has 1 amide bonds. The van der Waals surface area contributed by atoms with Gasteiger partial charge in [0.1, 0.15) is 0 Å². The molecule has 1 aromatic carbocycles. The number of hydrogen-bond donors (Lipinski definition) is 0.